The highest BCUT2D eigenvalue weighted by atomic mass is 32.2. The third kappa shape index (κ3) is 4.17. The maximum atomic E-state index is 13.0. The number of hydrogen-bond acceptors (Lipinski definition) is 7. The van der Waals surface area contributed by atoms with Crippen LogP contribution in [0.4, 0.5) is 4.39 Å². The van der Waals surface area contributed by atoms with Crippen molar-refractivity contribution in [3.63, 3.8) is 0 Å². The minimum absolute atomic E-state index is 0.00295. The first kappa shape index (κ1) is 19.1. The van der Waals surface area contributed by atoms with E-state index in [9.17, 15) is 12.8 Å². The van der Waals surface area contributed by atoms with Gasteiger partial charge in [0.05, 0.1) is 29.5 Å². The maximum Gasteiger partial charge on any atom is 0.261 e. The van der Waals surface area contributed by atoms with Crippen LogP contribution < -0.4 is 4.72 Å². The first-order chi connectivity index (χ1) is 12.9. The van der Waals surface area contributed by atoms with Crippen LogP contribution in [0.5, 0.6) is 0 Å². The van der Waals surface area contributed by atoms with E-state index in [-0.39, 0.29) is 16.3 Å². The van der Waals surface area contributed by atoms with Crippen LogP contribution in [0.1, 0.15) is 18.3 Å². The molecule has 0 spiro atoms. The number of nitrogens with zero attached hydrogens (tertiary/aromatic N) is 3. The van der Waals surface area contributed by atoms with Crippen LogP contribution in [-0.2, 0) is 14.8 Å². The second-order valence-corrected chi connectivity index (χ2v) is 7.46. The van der Waals surface area contributed by atoms with Gasteiger partial charge in [0.25, 0.3) is 10.0 Å². The summed E-state index contributed by atoms with van der Waals surface area (Å²) in [6.07, 6.45) is 1.84. The topological polar surface area (TPSA) is 97.6 Å². The lowest BCUT2D eigenvalue weighted by Crippen LogP contribution is -2.35. The number of nitrogens with one attached hydrogen (secondary N) is 1. The molecule has 1 aliphatic heterocycles. The molecular weight excluding hydrogens is 375 g/mol. The molecule has 0 bridgehead atoms. The lowest BCUT2D eigenvalue weighted by molar-refractivity contribution is 0.0636. The smallest absolute Gasteiger partial charge is 0.261 e. The zero-order valence-corrected chi connectivity index (χ0v) is 15.5. The second-order valence-electron chi connectivity index (χ2n) is 5.77. The Morgan fingerprint density at radius 1 is 1.22 bits per heavy atom. The van der Waals surface area contributed by atoms with E-state index in [1.54, 1.807) is 0 Å². The Morgan fingerprint density at radius 2 is 1.85 bits per heavy atom. The van der Waals surface area contributed by atoms with Crippen molar-refractivity contribution in [2.75, 3.05) is 26.3 Å². The van der Waals surface area contributed by atoms with E-state index in [2.05, 4.69) is 21.6 Å². The van der Waals surface area contributed by atoms with Gasteiger partial charge in [0, 0.05) is 13.1 Å². The molecule has 144 valence electrons. The van der Waals surface area contributed by atoms with Crippen molar-refractivity contribution >= 4 is 21.4 Å². The van der Waals surface area contributed by atoms with E-state index in [1.807, 2.05) is 17.9 Å². The van der Waals surface area contributed by atoms with Crippen LogP contribution in [-0.4, -0.2) is 49.9 Å². The van der Waals surface area contributed by atoms with E-state index in [1.165, 1.54) is 0 Å². The van der Waals surface area contributed by atoms with Gasteiger partial charge in [-0.3, -0.25) is 4.72 Å². The lowest BCUT2D eigenvalue weighted by atomic mass is 10.2. The van der Waals surface area contributed by atoms with Crippen LogP contribution >= 0.6 is 0 Å². The summed E-state index contributed by atoms with van der Waals surface area (Å²) in [7, 11) is -3.96. The van der Waals surface area contributed by atoms with Gasteiger partial charge in [0.2, 0.25) is 0 Å². The fraction of sp³-hybridized carbons (Fsp3) is 0.294. The minimum atomic E-state index is -3.96. The molecule has 2 aromatic rings. The Labute approximate surface area is 156 Å². The van der Waals surface area contributed by atoms with Crippen LogP contribution in [0.2, 0.25) is 0 Å². The number of hydrogen-bond donors (Lipinski definition) is 1. The summed E-state index contributed by atoms with van der Waals surface area (Å²) >= 11 is 0. The van der Waals surface area contributed by atoms with Gasteiger partial charge in [-0.1, -0.05) is 12.7 Å². The largest absolute Gasteiger partial charge is 0.378 e. The fourth-order valence-electron chi connectivity index (χ4n) is 2.71. The molecule has 0 unspecified atom stereocenters. The Morgan fingerprint density at radius 3 is 2.48 bits per heavy atom. The Bertz CT molecular complexity index is 948. The van der Waals surface area contributed by atoms with Gasteiger partial charge in [-0.2, -0.15) is 0 Å². The monoisotopic (exact) mass is 394 g/mol. The van der Waals surface area contributed by atoms with Crippen molar-refractivity contribution in [3.05, 3.63) is 54.1 Å². The molecule has 3 rings (SSSR count). The van der Waals surface area contributed by atoms with Crippen LogP contribution in [0, 0.1) is 5.82 Å². The second kappa shape index (κ2) is 7.89. The summed E-state index contributed by atoms with van der Waals surface area (Å²) in [6, 6.07) is 4.46. The van der Waals surface area contributed by atoms with E-state index in [0.717, 1.165) is 30.0 Å². The van der Waals surface area contributed by atoms with E-state index in [4.69, 9.17) is 9.37 Å². The number of halogens is 1. The Balaban J connectivity index is 1.84. The quantitative estimate of drug-likeness (QED) is 0.798. The van der Waals surface area contributed by atoms with Gasteiger partial charge in [-0.25, -0.2) is 17.4 Å². The van der Waals surface area contributed by atoms with Gasteiger partial charge in [0.15, 0.2) is 11.4 Å². The first-order valence-electron chi connectivity index (χ1n) is 8.22. The lowest BCUT2D eigenvalue weighted by Gasteiger charge is -2.30. The van der Waals surface area contributed by atoms with Gasteiger partial charge < -0.3 is 9.64 Å². The van der Waals surface area contributed by atoms with Crippen LogP contribution in [0.25, 0.3) is 11.4 Å². The predicted molar refractivity (Wildman–Crippen MR) is 96.1 cm³/mol. The van der Waals surface area contributed by atoms with Crippen molar-refractivity contribution in [2.24, 2.45) is 0 Å². The summed E-state index contributed by atoms with van der Waals surface area (Å²) in [6.45, 7) is 8.08. The molecule has 0 atom stereocenters. The molecule has 1 N–H and O–H groups in total. The molecule has 0 saturated carbocycles. The highest BCUT2D eigenvalue weighted by molar-refractivity contribution is 7.89. The van der Waals surface area contributed by atoms with Crippen molar-refractivity contribution in [1.82, 2.24) is 19.9 Å². The predicted octanol–water partition coefficient (Wildman–Crippen LogP) is 1.85. The summed E-state index contributed by atoms with van der Waals surface area (Å²) in [5, 5.41) is 7.72. The third-order valence-electron chi connectivity index (χ3n) is 4.02. The van der Waals surface area contributed by atoms with Crippen molar-refractivity contribution in [3.8, 4) is 0 Å². The molecule has 27 heavy (non-hydrogen) atoms. The molecule has 8 nitrogen and oxygen atoms in total. The number of aromatic nitrogens is 2. The minimum Gasteiger partial charge on any atom is -0.378 e. The van der Waals surface area contributed by atoms with E-state index < -0.39 is 15.8 Å². The standard InChI is InChI=1S/C17H19FN4O4S/c1-3-15(22-8-10-25-11-9-22)17-16(19-26-20-17)12(2)21-27(23,24)14-6-4-13(18)5-7-14/h3-7,21H,2,8-11H2,1H3/b15-3+. The zero-order valence-electron chi connectivity index (χ0n) is 14.7. The molecule has 1 aromatic heterocycles. The maximum absolute atomic E-state index is 13.0. The molecule has 1 fully saturated rings. The number of allylic oxidation sites excluding steroid dienone is 1. The molecule has 2 heterocycles. The Hall–Kier alpha value is -2.72. The van der Waals surface area contributed by atoms with Gasteiger partial charge in [0.1, 0.15) is 5.82 Å². The van der Waals surface area contributed by atoms with Crippen molar-refractivity contribution < 1.29 is 22.2 Å². The molecule has 0 amide bonds. The normalized spacial score (nSPS) is 15.6. The number of benzene rings is 1. The summed E-state index contributed by atoms with van der Waals surface area (Å²) in [4.78, 5) is 1.95. The highest BCUT2D eigenvalue weighted by Gasteiger charge is 2.25. The average Bonchev–Trinajstić information content (AvgIpc) is 3.13. The first-order valence-corrected chi connectivity index (χ1v) is 9.70. The van der Waals surface area contributed by atoms with Crippen molar-refractivity contribution in [2.45, 2.75) is 11.8 Å². The van der Waals surface area contributed by atoms with E-state index >= 15 is 0 Å². The van der Waals surface area contributed by atoms with Gasteiger partial charge >= 0.3 is 0 Å². The molecule has 10 heteroatoms. The number of sulfonamides is 1. The number of ether oxygens (including phenoxy) is 1. The van der Waals surface area contributed by atoms with E-state index in [0.29, 0.717) is 32.0 Å². The Kier molecular flexibility index (Phi) is 5.57. The zero-order chi connectivity index (χ0) is 19.4. The summed E-state index contributed by atoms with van der Waals surface area (Å²) in [5.74, 6) is -0.529. The van der Waals surface area contributed by atoms with Crippen LogP contribution in [0.15, 0.2) is 46.4 Å². The molecular formula is C17H19FN4O4S. The van der Waals surface area contributed by atoms with Crippen molar-refractivity contribution in [1.29, 1.82) is 0 Å². The molecule has 0 aliphatic carbocycles. The highest BCUT2D eigenvalue weighted by Crippen LogP contribution is 2.25. The molecule has 0 radical (unpaired) electrons. The third-order valence-corrected chi connectivity index (χ3v) is 5.43. The molecule has 1 aromatic carbocycles. The van der Waals surface area contributed by atoms with Gasteiger partial charge in [-0.15, -0.1) is 0 Å². The summed E-state index contributed by atoms with van der Waals surface area (Å²) in [5.41, 5.74) is 1.31. The molecule has 1 aliphatic rings. The summed E-state index contributed by atoms with van der Waals surface area (Å²) < 4.78 is 50.5. The number of morpholine rings is 1. The average molecular weight is 394 g/mol. The van der Waals surface area contributed by atoms with Gasteiger partial charge in [-0.05, 0) is 41.5 Å². The molecule has 1 saturated heterocycles. The van der Waals surface area contributed by atoms with Crippen LogP contribution in [0.3, 0.4) is 0 Å². The fourth-order valence-corrected chi connectivity index (χ4v) is 3.74. The SMILES string of the molecule is C=C(NS(=O)(=O)c1ccc(F)cc1)c1nonc1/C(=C\C)N1CCOCC1. The number of rotatable bonds is 6.